The Balaban J connectivity index is 1.63. The zero-order valence-corrected chi connectivity index (χ0v) is 16.3. The van der Waals surface area contributed by atoms with Gasteiger partial charge in [-0.25, -0.2) is 14.4 Å². The number of nitrogens with two attached hydrogens (primary N) is 1. The van der Waals surface area contributed by atoms with E-state index >= 15 is 0 Å². The average Bonchev–Trinajstić information content (AvgIpc) is 2.70. The summed E-state index contributed by atoms with van der Waals surface area (Å²) in [5, 5.41) is 3.34. The molecule has 1 aliphatic heterocycles. The topological polar surface area (TPSA) is 63.3 Å². The highest BCUT2D eigenvalue weighted by Gasteiger charge is 2.20. The lowest BCUT2D eigenvalue weighted by Gasteiger charge is -2.24. The highest BCUT2D eigenvalue weighted by atomic mass is 19.1. The lowest BCUT2D eigenvalue weighted by atomic mass is 9.93. The molecule has 0 unspecified atom stereocenters. The second-order valence-electron chi connectivity index (χ2n) is 7.07. The highest BCUT2D eigenvalue weighted by molar-refractivity contribution is 6.07. The monoisotopic (exact) mass is 384 g/mol. The summed E-state index contributed by atoms with van der Waals surface area (Å²) in [5.41, 5.74) is 13.3. The van der Waals surface area contributed by atoms with Gasteiger partial charge in [0.05, 0.1) is 5.70 Å². The molecule has 144 valence electrons. The molecular formula is C24H21FN4. The molecule has 29 heavy (non-hydrogen) atoms. The molecule has 4 nitrogen and oxygen atoms in total. The first kappa shape index (κ1) is 18.6. The van der Waals surface area contributed by atoms with Crippen LogP contribution in [0.4, 0.5) is 15.9 Å². The first-order valence-electron chi connectivity index (χ1n) is 9.27. The molecule has 0 saturated carbocycles. The van der Waals surface area contributed by atoms with Gasteiger partial charge in [0.1, 0.15) is 11.7 Å². The number of nitrogens with one attached hydrogen (secondary N) is 1. The van der Waals surface area contributed by atoms with Gasteiger partial charge in [0, 0.05) is 23.0 Å². The molecule has 5 heteroatoms. The minimum Gasteiger partial charge on any atom is -0.382 e. The number of aliphatic imine (C=N–C) groups is 1. The van der Waals surface area contributed by atoms with Gasteiger partial charge >= 0.3 is 0 Å². The smallest absolute Gasteiger partial charge is 0.154 e. The second-order valence-corrected chi connectivity index (χ2v) is 7.07. The van der Waals surface area contributed by atoms with Crippen LogP contribution in [-0.2, 0) is 0 Å². The van der Waals surface area contributed by atoms with Crippen LogP contribution in [0.1, 0.15) is 18.1 Å². The van der Waals surface area contributed by atoms with E-state index in [-0.39, 0.29) is 5.82 Å². The van der Waals surface area contributed by atoms with Crippen LogP contribution < -0.4 is 11.1 Å². The van der Waals surface area contributed by atoms with Crippen LogP contribution in [0.3, 0.4) is 0 Å². The molecule has 0 aliphatic carbocycles. The lowest BCUT2D eigenvalue weighted by Crippen LogP contribution is -2.24. The van der Waals surface area contributed by atoms with E-state index in [9.17, 15) is 4.39 Å². The third-order valence-corrected chi connectivity index (χ3v) is 4.95. The molecule has 3 aromatic rings. The minimum absolute atomic E-state index is 0.266. The number of nitrogens with zero attached hydrogens (tertiary/aromatic N) is 2. The van der Waals surface area contributed by atoms with Crippen molar-refractivity contribution in [3.63, 3.8) is 0 Å². The van der Waals surface area contributed by atoms with Gasteiger partial charge < -0.3 is 11.1 Å². The molecule has 0 radical (unpaired) electrons. The van der Waals surface area contributed by atoms with Crippen LogP contribution in [0.25, 0.3) is 16.7 Å². The summed E-state index contributed by atoms with van der Waals surface area (Å²) in [5.74, 6) is 0.545. The quantitative estimate of drug-likeness (QED) is 0.456. The summed E-state index contributed by atoms with van der Waals surface area (Å²) < 4.78 is 13.7. The molecule has 2 heterocycles. The number of anilines is 1. The third kappa shape index (κ3) is 3.67. The Morgan fingerprint density at radius 1 is 1.07 bits per heavy atom. The summed E-state index contributed by atoms with van der Waals surface area (Å²) in [6, 6.07) is 16.5. The summed E-state index contributed by atoms with van der Waals surface area (Å²) in [6.07, 6.45) is 1.67. The molecular weight excluding hydrogens is 363 g/mol. The van der Waals surface area contributed by atoms with Crippen LogP contribution in [0.2, 0.25) is 0 Å². The molecule has 0 fully saturated rings. The third-order valence-electron chi connectivity index (χ3n) is 4.95. The van der Waals surface area contributed by atoms with E-state index in [4.69, 9.17) is 5.73 Å². The number of hydrogen-bond donors (Lipinski definition) is 2. The SMILES string of the molecule is C=C1C(C)=C(C(N)=Nc2ccc(-c3cc(C)cc(F)c3)cn2)Nc2ccccc21. The largest absolute Gasteiger partial charge is 0.382 e. The normalized spacial score (nSPS) is 13.9. The zero-order valence-electron chi connectivity index (χ0n) is 16.3. The van der Waals surface area contributed by atoms with Gasteiger partial charge in [-0.1, -0.05) is 30.8 Å². The number of hydrogen-bond acceptors (Lipinski definition) is 3. The van der Waals surface area contributed by atoms with Crippen molar-refractivity contribution in [3.8, 4) is 11.1 Å². The standard InChI is InChI=1S/C24H21FN4/c1-14-10-18(12-19(25)11-14)17-8-9-22(27-13-17)29-24(26)23-16(3)15(2)20-6-4-5-7-21(20)28-23/h4-13,28H,2H2,1,3H3,(H2,26,27,29). The predicted octanol–water partition coefficient (Wildman–Crippen LogP) is 5.60. The van der Waals surface area contributed by atoms with Gasteiger partial charge in [-0.3, -0.25) is 0 Å². The van der Waals surface area contributed by atoms with Gasteiger partial charge in [0.15, 0.2) is 5.82 Å². The van der Waals surface area contributed by atoms with Crippen molar-refractivity contribution < 1.29 is 4.39 Å². The number of benzene rings is 2. The van der Waals surface area contributed by atoms with Crippen LogP contribution in [0, 0.1) is 12.7 Å². The number of halogens is 1. The first-order chi connectivity index (χ1) is 13.9. The van der Waals surface area contributed by atoms with Crippen LogP contribution in [0.15, 0.2) is 83.6 Å². The van der Waals surface area contributed by atoms with Crippen molar-refractivity contribution >= 4 is 22.9 Å². The van der Waals surface area contributed by atoms with Crippen LogP contribution >= 0.6 is 0 Å². The summed E-state index contributed by atoms with van der Waals surface area (Å²) >= 11 is 0. The molecule has 2 aromatic carbocycles. The van der Waals surface area contributed by atoms with Gasteiger partial charge in [0.25, 0.3) is 0 Å². The average molecular weight is 384 g/mol. The Morgan fingerprint density at radius 2 is 1.86 bits per heavy atom. The fraction of sp³-hybridized carbons (Fsp3) is 0.0833. The highest BCUT2D eigenvalue weighted by Crippen LogP contribution is 2.35. The van der Waals surface area contributed by atoms with E-state index in [1.54, 1.807) is 12.3 Å². The van der Waals surface area contributed by atoms with E-state index in [2.05, 4.69) is 21.9 Å². The van der Waals surface area contributed by atoms with Crippen molar-refractivity contribution in [1.29, 1.82) is 0 Å². The second kappa shape index (κ2) is 7.36. The van der Waals surface area contributed by atoms with E-state index < -0.39 is 0 Å². The Hall–Kier alpha value is -3.73. The van der Waals surface area contributed by atoms with E-state index in [1.165, 1.54) is 12.1 Å². The first-order valence-corrected chi connectivity index (χ1v) is 9.27. The van der Waals surface area contributed by atoms with Gasteiger partial charge in [-0.15, -0.1) is 0 Å². The summed E-state index contributed by atoms with van der Waals surface area (Å²) in [7, 11) is 0. The summed E-state index contributed by atoms with van der Waals surface area (Å²) in [4.78, 5) is 8.83. The molecule has 1 aliphatic rings. The van der Waals surface area contributed by atoms with Crippen molar-refractivity contribution in [2.24, 2.45) is 10.7 Å². The fourth-order valence-electron chi connectivity index (χ4n) is 3.40. The maximum absolute atomic E-state index is 13.7. The number of fused-ring (bicyclic) bond motifs is 1. The lowest BCUT2D eigenvalue weighted by molar-refractivity contribution is 0.627. The fourth-order valence-corrected chi connectivity index (χ4v) is 3.40. The predicted molar refractivity (Wildman–Crippen MR) is 117 cm³/mol. The van der Waals surface area contributed by atoms with Crippen molar-refractivity contribution in [2.45, 2.75) is 13.8 Å². The number of aromatic nitrogens is 1. The van der Waals surface area contributed by atoms with Gasteiger partial charge in [-0.2, -0.15) is 0 Å². The Bertz CT molecular complexity index is 1150. The van der Waals surface area contributed by atoms with E-state index in [1.807, 2.05) is 50.2 Å². The van der Waals surface area contributed by atoms with Crippen molar-refractivity contribution in [1.82, 2.24) is 4.98 Å². The van der Waals surface area contributed by atoms with Gasteiger partial charge in [0.2, 0.25) is 0 Å². The number of allylic oxidation sites excluding steroid dienone is 2. The van der Waals surface area contributed by atoms with Crippen LogP contribution in [-0.4, -0.2) is 10.8 Å². The summed E-state index contributed by atoms with van der Waals surface area (Å²) in [6.45, 7) is 8.00. The molecule has 3 N–H and O–H groups in total. The molecule has 0 saturated heterocycles. The molecule has 1 aromatic heterocycles. The van der Waals surface area contributed by atoms with Crippen LogP contribution in [0.5, 0.6) is 0 Å². The number of aryl methyl sites for hydroxylation is 1. The maximum atomic E-state index is 13.7. The number of pyridine rings is 1. The Kier molecular flexibility index (Phi) is 4.72. The van der Waals surface area contributed by atoms with Crippen molar-refractivity contribution in [2.75, 3.05) is 5.32 Å². The molecule has 4 rings (SSSR count). The van der Waals surface area contributed by atoms with E-state index in [0.717, 1.165) is 44.8 Å². The maximum Gasteiger partial charge on any atom is 0.154 e. The van der Waals surface area contributed by atoms with Crippen molar-refractivity contribution in [3.05, 3.63) is 95.6 Å². The number of rotatable bonds is 3. The zero-order chi connectivity index (χ0) is 20.5. The molecule has 0 bridgehead atoms. The molecule has 0 amide bonds. The number of para-hydroxylation sites is 1. The van der Waals surface area contributed by atoms with Gasteiger partial charge in [-0.05, 0) is 66.5 Å². The Labute approximate surface area is 169 Å². The minimum atomic E-state index is -0.266. The molecule has 0 atom stereocenters. The van der Waals surface area contributed by atoms with E-state index in [0.29, 0.717) is 11.7 Å². The molecule has 0 spiro atoms. The Morgan fingerprint density at radius 3 is 2.59 bits per heavy atom. The number of amidine groups is 1.